The molecule has 156 valence electrons. The number of nitrogens with one attached hydrogen (secondary N) is 2. The van der Waals surface area contributed by atoms with Gasteiger partial charge in [0.1, 0.15) is 0 Å². The normalized spacial score (nSPS) is 11.9. The van der Waals surface area contributed by atoms with E-state index in [-0.39, 0.29) is 45.4 Å². The Balaban J connectivity index is 3.18. The van der Waals surface area contributed by atoms with Gasteiger partial charge in [0.05, 0.1) is 11.7 Å². The van der Waals surface area contributed by atoms with Crippen LogP contribution in [0.15, 0.2) is 18.2 Å². The zero-order chi connectivity index (χ0) is 21.7. The number of esters is 1. The standard InChI is InChI=1S/C22H34N2O4/c1-14(2)28-20(27)17-10-15(18(25)23-12-21(3,4)5)9-16(11-17)19(26)24-13-22(6,7)8/h9-11,14H,12-13H2,1-8H3,(H,23,25)(H,24,26). The van der Waals surface area contributed by atoms with Crippen LogP contribution in [0.1, 0.15) is 86.5 Å². The molecule has 1 aromatic carbocycles. The smallest absolute Gasteiger partial charge is 0.338 e. The molecule has 0 aliphatic heterocycles. The summed E-state index contributed by atoms with van der Waals surface area (Å²) in [5.41, 5.74) is 0.512. The largest absolute Gasteiger partial charge is 0.459 e. The molecule has 2 N–H and O–H groups in total. The van der Waals surface area contributed by atoms with Gasteiger partial charge in [-0.05, 0) is 42.9 Å². The fourth-order valence-electron chi connectivity index (χ4n) is 2.18. The summed E-state index contributed by atoms with van der Waals surface area (Å²) in [5, 5.41) is 5.69. The van der Waals surface area contributed by atoms with Crippen LogP contribution < -0.4 is 10.6 Å². The molecule has 28 heavy (non-hydrogen) atoms. The molecule has 1 rings (SSSR count). The average molecular weight is 391 g/mol. The molecule has 0 radical (unpaired) electrons. The van der Waals surface area contributed by atoms with Gasteiger partial charge in [-0.2, -0.15) is 0 Å². The van der Waals surface area contributed by atoms with E-state index >= 15 is 0 Å². The van der Waals surface area contributed by atoms with Crippen LogP contribution in [0.2, 0.25) is 0 Å². The van der Waals surface area contributed by atoms with Crippen LogP contribution in [0, 0.1) is 10.8 Å². The molecule has 6 nitrogen and oxygen atoms in total. The van der Waals surface area contributed by atoms with Gasteiger partial charge in [0, 0.05) is 24.2 Å². The van der Waals surface area contributed by atoms with Gasteiger partial charge in [-0.3, -0.25) is 9.59 Å². The lowest BCUT2D eigenvalue weighted by molar-refractivity contribution is 0.0378. The third-order valence-electron chi connectivity index (χ3n) is 3.59. The van der Waals surface area contributed by atoms with Crippen molar-refractivity contribution in [2.45, 2.75) is 61.5 Å². The average Bonchev–Trinajstić information content (AvgIpc) is 2.55. The highest BCUT2D eigenvalue weighted by Crippen LogP contribution is 2.16. The van der Waals surface area contributed by atoms with Crippen molar-refractivity contribution in [3.8, 4) is 0 Å². The minimum Gasteiger partial charge on any atom is -0.459 e. The lowest BCUT2D eigenvalue weighted by Crippen LogP contribution is -2.34. The molecule has 0 spiro atoms. The quantitative estimate of drug-likeness (QED) is 0.724. The number of rotatable bonds is 6. The number of hydrogen-bond donors (Lipinski definition) is 2. The molecule has 0 atom stereocenters. The molecule has 0 unspecified atom stereocenters. The monoisotopic (exact) mass is 390 g/mol. The zero-order valence-electron chi connectivity index (χ0n) is 18.4. The van der Waals surface area contributed by atoms with Gasteiger partial charge in [0.15, 0.2) is 0 Å². The topological polar surface area (TPSA) is 84.5 Å². The zero-order valence-corrected chi connectivity index (χ0v) is 18.4. The van der Waals surface area contributed by atoms with Crippen molar-refractivity contribution in [2.24, 2.45) is 10.8 Å². The van der Waals surface area contributed by atoms with E-state index in [1.807, 2.05) is 41.5 Å². The number of benzene rings is 1. The molecule has 0 aromatic heterocycles. The Morgan fingerprint density at radius 1 is 0.786 bits per heavy atom. The Kier molecular flexibility index (Phi) is 7.79. The molecule has 0 aliphatic rings. The van der Waals surface area contributed by atoms with Crippen LogP contribution in [0.25, 0.3) is 0 Å². The van der Waals surface area contributed by atoms with Crippen LogP contribution in [0.4, 0.5) is 0 Å². The number of carbonyl (C=O) groups is 3. The van der Waals surface area contributed by atoms with Crippen LogP contribution in [-0.4, -0.2) is 37.0 Å². The highest BCUT2D eigenvalue weighted by Gasteiger charge is 2.20. The molecule has 2 amide bonds. The van der Waals surface area contributed by atoms with E-state index < -0.39 is 5.97 Å². The van der Waals surface area contributed by atoms with Crippen molar-refractivity contribution in [2.75, 3.05) is 13.1 Å². The second-order valence-electron chi connectivity index (χ2n) is 9.74. The molecule has 0 saturated heterocycles. The lowest BCUT2D eigenvalue weighted by Gasteiger charge is -2.20. The number of hydrogen-bond acceptors (Lipinski definition) is 4. The third kappa shape index (κ3) is 8.55. The van der Waals surface area contributed by atoms with E-state index in [9.17, 15) is 14.4 Å². The summed E-state index contributed by atoms with van der Waals surface area (Å²) in [6, 6.07) is 4.43. The maximum Gasteiger partial charge on any atom is 0.338 e. The van der Waals surface area contributed by atoms with Gasteiger partial charge in [-0.25, -0.2) is 4.79 Å². The molecule has 0 aliphatic carbocycles. The van der Waals surface area contributed by atoms with E-state index in [4.69, 9.17) is 4.74 Å². The van der Waals surface area contributed by atoms with Crippen LogP contribution >= 0.6 is 0 Å². The predicted molar refractivity (Wildman–Crippen MR) is 111 cm³/mol. The highest BCUT2D eigenvalue weighted by molar-refractivity contribution is 6.03. The molecule has 0 heterocycles. The number of carbonyl (C=O) groups excluding carboxylic acids is 3. The number of ether oxygens (including phenoxy) is 1. The van der Waals surface area contributed by atoms with Crippen molar-refractivity contribution in [1.29, 1.82) is 0 Å². The van der Waals surface area contributed by atoms with Gasteiger partial charge in [-0.1, -0.05) is 41.5 Å². The Labute approximate surface area is 168 Å². The fraction of sp³-hybridized carbons (Fsp3) is 0.591. The summed E-state index contributed by atoms with van der Waals surface area (Å²) in [6.07, 6.45) is -0.302. The molecular weight excluding hydrogens is 356 g/mol. The van der Waals surface area contributed by atoms with E-state index in [0.717, 1.165) is 0 Å². The van der Waals surface area contributed by atoms with Crippen LogP contribution in [0.5, 0.6) is 0 Å². The van der Waals surface area contributed by atoms with E-state index in [0.29, 0.717) is 13.1 Å². The Hall–Kier alpha value is -2.37. The molecule has 1 aromatic rings. The van der Waals surface area contributed by atoms with Crippen molar-refractivity contribution in [1.82, 2.24) is 10.6 Å². The third-order valence-corrected chi connectivity index (χ3v) is 3.59. The molecular formula is C22H34N2O4. The van der Waals surface area contributed by atoms with E-state index in [1.165, 1.54) is 18.2 Å². The first-order valence-corrected chi connectivity index (χ1v) is 9.60. The maximum atomic E-state index is 12.6. The summed E-state index contributed by atoms with van der Waals surface area (Å²) < 4.78 is 5.23. The molecule has 0 saturated carbocycles. The summed E-state index contributed by atoms with van der Waals surface area (Å²) in [7, 11) is 0. The van der Waals surface area contributed by atoms with Gasteiger partial charge in [0.2, 0.25) is 0 Å². The van der Waals surface area contributed by atoms with Gasteiger partial charge < -0.3 is 15.4 Å². The fourth-order valence-corrected chi connectivity index (χ4v) is 2.18. The molecule has 6 heteroatoms. The first kappa shape index (κ1) is 23.7. The predicted octanol–water partition coefficient (Wildman–Crippen LogP) is 3.80. The van der Waals surface area contributed by atoms with E-state index in [2.05, 4.69) is 10.6 Å². The van der Waals surface area contributed by atoms with Crippen LogP contribution in [-0.2, 0) is 4.74 Å². The second kappa shape index (κ2) is 9.22. The van der Waals surface area contributed by atoms with Crippen molar-refractivity contribution in [3.63, 3.8) is 0 Å². The second-order valence-corrected chi connectivity index (χ2v) is 9.74. The molecule has 0 bridgehead atoms. The summed E-state index contributed by atoms with van der Waals surface area (Å²) in [4.78, 5) is 37.5. The SMILES string of the molecule is CC(C)OC(=O)c1cc(C(=O)NCC(C)(C)C)cc(C(=O)NCC(C)(C)C)c1. The summed E-state index contributed by atoms with van der Waals surface area (Å²) in [5.74, 6) is -1.23. The first-order chi connectivity index (χ1) is 12.7. The van der Waals surface area contributed by atoms with Crippen molar-refractivity contribution < 1.29 is 19.1 Å². The van der Waals surface area contributed by atoms with Crippen LogP contribution in [0.3, 0.4) is 0 Å². The Morgan fingerprint density at radius 3 is 1.46 bits per heavy atom. The maximum absolute atomic E-state index is 12.6. The molecule has 0 fully saturated rings. The first-order valence-electron chi connectivity index (χ1n) is 9.60. The van der Waals surface area contributed by atoms with Crippen molar-refractivity contribution in [3.05, 3.63) is 34.9 Å². The number of amides is 2. The van der Waals surface area contributed by atoms with Gasteiger partial charge in [-0.15, -0.1) is 0 Å². The van der Waals surface area contributed by atoms with Crippen molar-refractivity contribution >= 4 is 17.8 Å². The summed E-state index contributed by atoms with van der Waals surface area (Å²) >= 11 is 0. The minimum atomic E-state index is -0.564. The Morgan fingerprint density at radius 2 is 1.14 bits per heavy atom. The highest BCUT2D eigenvalue weighted by atomic mass is 16.5. The minimum absolute atomic E-state index is 0.0866. The Bertz CT molecular complexity index is 677. The summed E-state index contributed by atoms with van der Waals surface area (Å²) in [6.45, 7) is 16.5. The van der Waals surface area contributed by atoms with Gasteiger partial charge >= 0.3 is 5.97 Å². The lowest BCUT2D eigenvalue weighted by atomic mass is 9.96. The van der Waals surface area contributed by atoms with E-state index in [1.54, 1.807) is 13.8 Å². The van der Waals surface area contributed by atoms with Gasteiger partial charge in [0.25, 0.3) is 11.8 Å².